The van der Waals surface area contributed by atoms with Crippen molar-refractivity contribution in [1.82, 2.24) is 5.32 Å². The minimum absolute atomic E-state index is 0.153. The first kappa shape index (κ1) is 20.7. The van der Waals surface area contributed by atoms with Crippen LogP contribution in [0.4, 0.5) is 4.79 Å². The molecule has 0 atom stereocenters. The number of hydrogen-bond acceptors (Lipinski definition) is 3. The fraction of sp³-hybridized carbons (Fsp3) is 0.222. The number of phenolic OH excluding ortho intramolecular Hbond substituents is 1. The number of phenols is 1. The molecule has 2 N–H and O–H groups in total. The highest BCUT2D eigenvalue weighted by Crippen LogP contribution is 2.44. The van der Waals surface area contributed by atoms with Crippen LogP contribution < -0.4 is 10.1 Å². The van der Waals surface area contributed by atoms with Gasteiger partial charge >= 0.3 is 6.09 Å². The zero-order valence-electron chi connectivity index (χ0n) is 17.7. The number of fused-ring (bicyclic) bond motifs is 2. The van der Waals surface area contributed by atoms with Crippen LogP contribution in [0.3, 0.4) is 0 Å². The maximum atomic E-state index is 12.5. The van der Waals surface area contributed by atoms with Crippen LogP contribution in [0.1, 0.15) is 32.6 Å². The second kappa shape index (κ2) is 9.52. The van der Waals surface area contributed by atoms with Gasteiger partial charge in [-0.25, -0.2) is 4.79 Å². The van der Waals surface area contributed by atoms with Crippen molar-refractivity contribution in [1.29, 1.82) is 0 Å². The number of nitrogens with one attached hydrogen (secondary N) is 1. The first-order chi connectivity index (χ1) is 15.2. The van der Waals surface area contributed by atoms with Gasteiger partial charge in [-0.3, -0.25) is 0 Å². The number of carbonyl (C=O) groups is 1. The highest BCUT2D eigenvalue weighted by atomic mass is 16.6. The highest BCUT2D eigenvalue weighted by molar-refractivity contribution is 6.10. The summed E-state index contributed by atoms with van der Waals surface area (Å²) in [7, 11) is 0. The average molecular weight is 414 g/mol. The third kappa shape index (κ3) is 4.48. The topological polar surface area (TPSA) is 58.6 Å². The van der Waals surface area contributed by atoms with Crippen LogP contribution in [0, 0.1) is 0 Å². The molecule has 0 saturated carbocycles. The van der Waals surface area contributed by atoms with E-state index >= 15 is 0 Å². The normalized spacial score (nSPS) is 11.0. The molecule has 0 aliphatic carbocycles. The lowest BCUT2D eigenvalue weighted by Crippen LogP contribution is -2.27. The minimum atomic E-state index is -0.479. The van der Waals surface area contributed by atoms with Crippen molar-refractivity contribution in [3.8, 4) is 22.6 Å². The maximum absolute atomic E-state index is 12.5. The van der Waals surface area contributed by atoms with Gasteiger partial charge in [0, 0.05) is 17.7 Å². The smallest absolute Gasteiger partial charge is 0.412 e. The summed E-state index contributed by atoms with van der Waals surface area (Å²) in [5, 5.41) is 17.5. The molecular weight excluding hydrogens is 386 g/mol. The quantitative estimate of drug-likeness (QED) is 0.320. The summed E-state index contributed by atoms with van der Waals surface area (Å²) >= 11 is 0. The summed E-state index contributed by atoms with van der Waals surface area (Å²) in [5.74, 6) is 0.580. The summed E-state index contributed by atoms with van der Waals surface area (Å²) in [6.45, 7) is 2.74. The number of rotatable bonds is 7. The molecule has 0 bridgehead atoms. The lowest BCUT2D eigenvalue weighted by Gasteiger charge is -2.17. The van der Waals surface area contributed by atoms with Crippen LogP contribution in [0.2, 0.25) is 0 Å². The van der Waals surface area contributed by atoms with E-state index in [2.05, 4.69) is 12.2 Å². The van der Waals surface area contributed by atoms with E-state index in [9.17, 15) is 9.90 Å². The van der Waals surface area contributed by atoms with Crippen molar-refractivity contribution in [3.63, 3.8) is 0 Å². The second-order valence-corrected chi connectivity index (χ2v) is 7.72. The molecule has 0 radical (unpaired) electrons. The average Bonchev–Trinajstić information content (AvgIpc) is 2.79. The Morgan fingerprint density at radius 3 is 2.16 bits per heavy atom. The first-order valence-electron chi connectivity index (χ1n) is 10.9. The van der Waals surface area contributed by atoms with Crippen LogP contribution in [0.5, 0.6) is 11.5 Å². The van der Waals surface area contributed by atoms with Gasteiger partial charge in [-0.1, -0.05) is 86.8 Å². The molecule has 0 saturated heterocycles. The summed E-state index contributed by atoms with van der Waals surface area (Å²) in [6, 6.07) is 23.1. The van der Waals surface area contributed by atoms with E-state index < -0.39 is 6.09 Å². The van der Waals surface area contributed by atoms with E-state index in [4.69, 9.17) is 4.74 Å². The van der Waals surface area contributed by atoms with Crippen molar-refractivity contribution in [2.75, 3.05) is 6.54 Å². The molecule has 0 aliphatic rings. The number of unbranched alkanes of at least 4 members (excludes halogenated alkanes) is 3. The Bertz CT molecular complexity index is 1220. The molecule has 158 valence electrons. The Kier molecular flexibility index (Phi) is 6.37. The van der Waals surface area contributed by atoms with Crippen LogP contribution in [-0.2, 0) is 0 Å². The number of amides is 1. The zero-order valence-corrected chi connectivity index (χ0v) is 17.7. The molecule has 0 fully saturated rings. The van der Waals surface area contributed by atoms with Crippen molar-refractivity contribution < 1.29 is 14.6 Å². The molecule has 0 unspecified atom stereocenters. The van der Waals surface area contributed by atoms with Crippen molar-refractivity contribution in [2.45, 2.75) is 32.6 Å². The number of benzene rings is 4. The Morgan fingerprint density at radius 1 is 0.806 bits per heavy atom. The second-order valence-electron chi connectivity index (χ2n) is 7.72. The van der Waals surface area contributed by atoms with Crippen LogP contribution >= 0.6 is 0 Å². The molecule has 0 heterocycles. The Hall–Kier alpha value is -3.53. The lowest BCUT2D eigenvalue weighted by atomic mass is 9.92. The highest BCUT2D eigenvalue weighted by Gasteiger charge is 2.19. The summed E-state index contributed by atoms with van der Waals surface area (Å²) < 4.78 is 5.76. The van der Waals surface area contributed by atoms with Crippen LogP contribution in [-0.4, -0.2) is 17.7 Å². The maximum Gasteiger partial charge on any atom is 0.412 e. The number of ether oxygens (including phenoxy) is 1. The van der Waals surface area contributed by atoms with E-state index in [-0.39, 0.29) is 5.75 Å². The summed E-state index contributed by atoms with van der Waals surface area (Å²) in [6.07, 6.45) is 3.85. The molecule has 0 aliphatic heterocycles. The standard InChI is InChI=1S/C27H27NO3/c1-2-3-4-9-18-28-27(30)31-24-17-15-20-11-6-8-13-22(20)26(24)25-21-12-7-5-10-19(21)14-16-23(25)29/h5-8,10-17,29H,2-4,9,18H2,1H3,(H,28,30). The van der Waals surface area contributed by atoms with Crippen LogP contribution in [0.25, 0.3) is 32.7 Å². The van der Waals surface area contributed by atoms with Gasteiger partial charge in [0.25, 0.3) is 0 Å². The van der Waals surface area contributed by atoms with Gasteiger partial charge in [-0.15, -0.1) is 0 Å². The largest absolute Gasteiger partial charge is 0.507 e. The molecule has 4 rings (SSSR count). The predicted octanol–water partition coefficient (Wildman–Crippen LogP) is 7.03. The van der Waals surface area contributed by atoms with E-state index in [1.165, 1.54) is 0 Å². The van der Waals surface area contributed by atoms with Crippen molar-refractivity contribution >= 4 is 27.6 Å². The number of hydrogen-bond donors (Lipinski definition) is 2. The van der Waals surface area contributed by atoms with Gasteiger partial charge in [0.15, 0.2) is 0 Å². The third-order valence-electron chi connectivity index (χ3n) is 5.55. The van der Waals surface area contributed by atoms with Crippen molar-refractivity contribution in [3.05, 3.63) is 72.8 Å². The van der Waals surface area contributed by atoms with Gasteiger partial charge < -0.3 is 15.2 Å². The van der Waals surface area contributed by atoms with E-state index in [0.29, 0.717) is 23.4 Å². The lowest BCUT2D eigenvalue weighted by molar-refractivity contribution is 0.200. The predicted molar refractivity (Wildman–Crippen MR) is 127 cm³/mol. The SMILES string of the molecule is CCCCCCNC(=O)Oc1ccc2ccccc2c1-c1c(O)ccc2ccccc12. The molecule has 0 aromatic heterocycles. The summed E-state index contributed by atoms with van der Waals surface area (Å²) in [5.41, 5.74) is 1.38. The molecular formula is C27H27NO3. The minimum Gasteiger partial charge on any atom is -0.507 e. The van der Waals surface area contributed by atoms with E-state index in [1.807, 2.05) is 60.7 Å². The van der Waals surface area contributed by atoms with E-state index in [0.717, 1.165) is 47.2 Å². The van der Waals surface area contributed by atoms with Gasteiger partial charge in [0.05, 0.1) is 0 Å². The Morgan fingerprint density at radius 2 is 1.45 bits per heavy atom. The van der Waals surface area contributed by atoms with E-state index in [1.54, 1.807) is 12.1 Å². The number of aromatic hydroxyl groups is 1. The fourth-order valence-corrected chi connectivity index (χ4v) is 4.00. The molecule has 4 aromatic rings. The Labute approximate surface area is 182 Å². The molecule has 0 spiro atoms. The fourth-order valence-electron chi connectivity index (χ4n) is 4.00. The molecule has 4 aromatic carbocycles. The van der Waals surface area contributed by atoms with Crippen LogP contribution in [0.15, 0.2) is 72.8 Å². The van der Waals surface area contributed by atoms with Crippen molar-refractivity contribution in [2.24, 2.45) is 0 Å². The third-order valence-corrected chi connectivity index (χ3v) is 5.55. The first-order valence-corrected chi connectivity index (χ1v) is 10.9. The Balaban J connectivity index is 1.76. The molecule has 4 nitrogen and oxygen atoms in total. The van der Waals surface area contributed by atoms with Gasteiger partial charge in [-0.05, 0) is 40.1 Å². The molecule has 4 heteroatoms. The van der Waals surface area contributed by atoms with Gasteiger partial charge in [0.2, 0.25) is 0 Å². The van der Waals surface area contributed by atoms with Gasteiger partial charge in [-0.2, -0.15) is 0 Å². The molecule has 1 amide bonds. The monoisotopic (exact) mass is 413 g/mol. The number of carbonyl (C=O) groups excluding carboxylic acids is 1. The van der Waals surface area contributed by atoms with Gasteiger partial charge in [0.1, 0.15) is 11.5 Å². The zero-order chi connectivity index (χ0) is 21.6. The molecule has 31 heavy (non-hydrogen) atoms. The summed E-state index contributed by atoms with van der Waals surface area (Å²) in [4.78, 5) is 12.5.